The minimum absolute atomic E-state index is 0. The smallest absolute Gasteiger partial charge is 0.831 e. The predicted octanol–water partition coefficient (Wildman–Crippen LogP) is -1.70. The van der Waals surface area contributed by atoms with Crippen molar-refractivity contribution in [2.45, 2.75) is 26.4 Å². The Bertz CT molecular complexity index is 50.5. The average Bonchev–Trinajstić information content (AvgIpc) is 1.89. The maximum absolute atomic E-state index is 9.67. The van der Waals surface area contributed by atoms with E-state index in [-0.39, 0.29) is 27.3 Å². The van der Waals surface area contributed by atoms with Crippen molar-refractivity contribution < 1.29 is 19.7 Å². The van der Waals surface area contributed by atoms with Crippen LogP contribution in [0.15, 0.2) is 0 Å². The van der Waals surface area contributed by atoms with E-state index in [1.165, 1.54) is 28.1 Å². The predicted molar refractivity (Wildman–Crippen MR) is 38.7 cm³/mol. The number of methoxy groups -OCH3 is 2. The van der Waals surface area contributed by atoms with Gasteiger partial charge in [-0.15, -0.1) is 0 Å². The maximum Gasteiger partial charge on any atom is 2.00 e. The first-order chi connectivity index (χ1) is 4.54. The van der Waals surface area contributed by atoms with Gasteiger partial charge in [-0.3, -0.25) is 0 Å². The summed E-state index contributed by atoms with van der Waals surface area (Å²) < 4.78 is 8.39. The number of hydrogen-bond acceptors (Lipinski definition) is 4. The molecule has 0 aliphatic heterocycles. The SMILES string of the molecule is COC(C)[O-].COC(C)[O-].[Pb+2]. The van der Waals surface area contributed by atoms with Crippen LogP contribution < -0.4 is 10.2 Å². The molecule has 0 amide bonds. The van der Waals surface area contributed by atoms with Gasteiger partial charge in [-0.2, -0.15) is 0 Å². The maximum atomic E-state index is 9.67. The fourth-order valence-corrected chi connectivity index (χ4v) is 0. The first-order valence-corrected chi connectivity index (χ1v) is 2.91. The van der Waals surface area contributed by atoms with Gasteiger partial charge in [0.2, 0.25) is 0 Å². The summed E-state index contributed by atoms with van der Waals surface area (Å²) in [6, 6.07) is 0. The summed E-state index contributed by atoms with van der Waals surface area (Å²) in [7, 11) is 2.77. The molecule has 66 valence electrons. The topological polar surface area (TPSA) is 64.6 Å². The monoisotopic (exact) mass is 358 g/mol. The molecule has 2 unspecified atom stereocenters. The van der Waals surface area contributed by atoms with Gasteiger partial charge in [-0.05, 0) is 12.6 Å². The quantitative estimate of drug-likeness (QED) is 0.437. The van der Waals surface area contributed by atoms with Crippen LogP contribution in [0.1, 0.15) is 13.8 Å². The van der Waals surface area contributed by atoms with E-state index in [1.54, 1.807) is 0 Å². The average molecular weight is 357 g/mol. The first kappa shape index (κ1) is 17.7. The second kappa shape index (κ2) is 13.4. The van der Waals surface area contributed by atoms with E-state index < -0.39 is 12.6 Å². The van der Waals surface area contributed by atoms with E-state index in [0.29, 0.717) is 0 Å². The van der Waals surface area contributed by atoms with Gasteiger partial charge in [-0.1, -0.05) is 13.8 Å². The van der Waals surface area contributed by atoms with Gasteiger partial charge in [-0.25, -0.2) is 0 Å². The standard InChI is InChI=1S/2C3H7O2.Pb/c2*1-3(4)5-2;/h2*3H,1-2H3;/q2*-1;+2. The van der Waals surface area contributed by atoms with E-state index in [1.807, 2.05) is 0 Å². The Balaban J connectivity index is -0.000000107. The van der Waals surface area contributed by atoms with E-state index in [9.17, 15) is 10.2 Å². The first-order valence-electron chi connectivity index (χ1n) is 2.91. The third-order valence-corrected chi connectivity index (χ3v) is 0.664. The van der Waals surface area contributed by atoms with Gasteiger partial charge >= 0.3 is 27.3 Å². The second-order valence-corrected chi connectivity index (χ2v) is 1.61. The molecule has 11 heavy (non-hydrogen) atoms. The normalized spacial score (nSPS) is 13.6. The molecule has 0 heterocycles. The van der Waals surface area contributed by atoms with Gasteiger partial charge in [0.05, 0.1) is 0 Å². The summed E-state index contributed by atoms with van der Waals surface area (Å²) in [4.78, 5) is 0. The van der Waals surface area contributed by atoms with Crippen LogP contribution in [0.2, 0.25) is 0 Å². The second-order valence-electron chi connectivity index (χ2n) is 1.61. The molecule has 0 saturated carbocycles. The van der Waals surface area contributed by atoms with Crippen molar-refractivity contribution in [1.82, 2.24) is 0 Å². The van der Waals surface area contributed by atoms with Crippen LogP contribution in [-0.2, 0) is 9.47 Å². The van der Waals surface area contributed by atoms with E-state index in [4.69, 9.17) is 0 Å². The third kappa shape index (κ3) is 36.4. The Morgan fingerprint density at radius 2 is 1.00 bits per heavy atom. The van der Waals surface area contributed by atoms with Crippen LogP contribution in [-0.4, -0.2) is 54.1 Å². The molecule has 0 spiro atoms. The largest absolute Gasteiger partial charge is 2.00 e. The summed E-state index contributed by atoms with van der Waals surface area (Å²) >= 11 is 0. The van der Waals surface area contributed by atoms with Crippen molar-refractivity contribution in [3.8, 4) is 0 Å². The molecule has 0 aliphatic carbocycles. The zero-order valence-corrected chi connectivity index (χ0v) is 11.2. The van der Waals surface area contributed by atoms with E-state index >= 15 is 0 Å². The van der Waals surface area contributed by atoms with E-state index in [2.05, 4.69) is 9.47 Å². The van der Waals surface area contributed by atoms with Crippen molar-refractivity contribution in [2.75, 3.05) is 14.2 Å². The van der Waals surface area contributed by atoms with Gasteiger partial charge in [0.15, 0.2) is 0 Å². The molecule has 2 radical (unpaired) electrons. The summed E-state index contributed by atoms with van der Waals surface area (Å²) in [5.41, 5.74) is 0. The van der Waals surface area contributed by atoms with Gasteiger partial charge < -0.3 is 19.7 Å². The molecule has 0 saturated heterocycles. The molecule has 0 bridgehead atoms. The summed E-state index contributed by atoms with van der Waals surface area (Å²) in [6.07, 6.45) is -1.73. The van der Waals surface area contributed by atoms with Crippen LogP contribution in [0.3, 0.4) is 0 Å². The van der Waals surface area contributed by atoms with Crippen molar-refractivity contribution in [1.29, 1.82) is 0 Å². The molecule has 0 N–H and O–H groups in total. The molecule has 5 heteroatoms. The molecule has 0 aromatic heterocycles. The minimum atomic E-state index is -0.866. The number of ether oxygens (including phenoxy) is 2. The molecule has 2 atom stereocenters. The van der Waals surface area contributed by atoms with Crippen LogP contribution in [0.25, 0.3) is 0 Å². The molecule has 0 aromatic carbocycles. The van der Waals surface area contributed by atoms with Gasteiger partial charge in [0.1, 0.15) is 0 Å². The zero-order valence-electron chi connectivity index (χ0n) is 7.29. The number of rotatable bonds is 2. The molecule has 4 nitrogen and oxygen atoms in total. The Morgan fingerprint density at radius 3 is 1.00 bits per heavy atom. The van der Waals surface area contributed by atoms with Crippen LogP contribution >= 0.6 is 0 Å². The Morgan fingerprint density at radius 1 is 0.909 bits per heavy atom. The third-order valence-electron chi connectivity index (χ3n) is 0.664. The van der Waals surface area contributed by atoms with Crippen molar-refractivity contribution in [2.24, 2.45) is 0 Å². The summed E-state index contributed by atoms with van der Waals surface area (Å²) in [5, 5.41) is 19.3. The molecule has 0 aliphatic rings. The van der Waals surface area contributed by atoms with Gasteiger partial charge in [0.25, 0.3) is 0 Å². The Kier molecular flexibility index (Phi) is 21.5. The van der Waals surface area contributed by atoms with Crippen LogP contribution in [0.5, 0.6) is 0 Å². The summed E-state index contributed by atoms with van der Waals surface area (Å²) in [6.45, 7) is 2.89. The molecular formula is C6H14O4Pb. The molecular weight excluding hydrogens is 343 g/mol. The minimum Gasteiger partial charge on any atom is -0.831 e. The molecule has 0 rings (SSSR count). The Labute approximate surface area is 87.7 Å². The van der Waals surface area contributed by atoms with E-state index in [0.717, 1.165) is 0 Å². The zero-order chi connectivity index (χ0) is 8.57. The van der Waals surface area contributed by atoms with Crippen molar-refractivity contribution in [3.63, 3.8) is 0 Å². The molecule has 0 fully saturated rings. The van der Waals surface area contributed by atoms with Crippen LogP contribution in [0.4, 0.5) is 0 Å². The van der Waals surface area contributed by atoms with Gasteiger partial charge in [0, 0.05) is 14.2 Å². The Hall–Kier alpha value is 0.762. The fourth-order valence-electron chi connectivity index (χ4n) is 0. The molecule has 0 aromatic rings. The van der Waals surface area contributed by atoms with Crippen LogP contribution in [0, 0.1) is 0 Å². The summed E-state index contributed by atoms with van der Waals surface area (Å²) in [5.74, 6) is 0. The van der Waals surface area contributed by atoms with Crippen molar-refractivity contribution in [3.05, 3.63) is 0 Å². The van der Waals surface area contributed by atoms with Crippen molar-refractivity contribution >= 4 is 27.3 Å². The number of hydrogen-bond donors (Lipinski definition) is 0. The fraction of sp³-hybridized carbons (Fsp3) is 1.00.